The SMILES string of the molecule is CC(CCCl)CNCCOC(F)(F)F. The van der Waals surface area contributed by atoms with Crippen LogP contribution in [-0.4, -0.2) is 31.9 Å². The summed E-state index contributed by atoms with van der Waals surface area (Å²) in [6.07, 6.45) is -3.67. The Morgan fingerprint density at radius 3 is 2.57 bits per heavy atom. The third-order valence-corrected chi connectivity index (χ3v) is 1.86. The monoisotopic (exact) mass is 233 g/mol. The fraction of sp³-hybridized carbons (Fsp3) is 1.00. The lowest BCUT2D eigenvalue weighted by molar-refractivity contribution is -0.323. The van der Waals surface area contributed by atoms with E-state index in [9.17, 15) is 13.2 Å². The normalized spacial score (nSPS) is 14.4. The van der Waals surface area contributed by atoms with Crippen LogP contribution in [0.5, 0.6) is 0 Å². The van der Waals surface area contributed by atoms with Crippen molar-refractivity contribution in [3.05, 3.63) is 0 Å². The molecular formula is C8H15ClF3NO. The predicted molar refractivity (Wildman–Crippen MR) is 49.4 cm³/mol. The molecule has 0 spiro atoms. The Labute approximate surface area is 86.8 Å². The molecule has 0 aliphatic heterocycles. The average Bonchev–Trinajstić information content (AvgIpc) is 2.02. The molecule has 1 unspecified atom stereocenters. The van der Waals surface area contributed by atoms with Gasteiger partial charge >= 0.3 is 6.36 Å². The average molecular weight is 234 g/mol. The maximum atomic E-state index is 11.5. The van der Waals surface area contributed by atoms with E-state index in [1.165, 1.54) is 0 Å². The number of rotatable bonds is 7. The number of alkyl halides is 4. The van der Waals surface area contributed by atoms with Crippen molar-refractivity contribution in [3.8, 4) is 0 Å². The van der Waals surface area contributed by atoms with E-state index in [0.717, 1.165) is 6.42 Å². The molecule has 2 nitrogen and oxygen atoms in total. The van der Waals surface area contributed by atoms with E-state index in [-0.39, 0.29) is 13.2 Å². The summed E-state index contributed by atoms with van der Waals surface area (Å²) in [6.45, 7) is 2.50. The lowest BCUT2D eigenvalue weighted by Gasteiger charge is -2.11. The molecule has 0 aliphatic rings. The van der Waals surface area contributed by atoms with E-state index in [4.69, 9.17) is 11.6 Å². The molecule has 0 amide bonds. The van der Waals surface area contributed by atoms with Gasteiger partial charge in [0.25, 0.3) is 0 Å². The Morgan fingerprint density at radius 1 is 1.43 bits per heavy atom. The van der Waals surface area contributed by atoms with Crippen LogP contribution in [0.1, 0.15) is 13.3 Å². The highest BCUT2D eigenvalue weighted by atomic mass is 35.5. The van der Waals surface area contributed by atoms with Gasteiger partial charge in [-0.05, 0) is 18.9 Å². The Kier molecular flexibility index (Phi) is 7.31. The minimum atomic E-state index is -4.52. The van der Waals surface area contributed by atoms with Crippen molar-refractivity contribution in [3.63, 3.8) is 0 Å². The third kappa shape index (κ3) is 10.1. The largest absolute Gasteiger partial charge is 0.522 e. The number of hydrogen-bond acceptors (Lipinski definition) is 2. The van der Waals surface area contributed by atoms with Crippen LogP contribution in [0.2, 0.25) is 0 Å². The summed E-state index contributed by atoms with van der Waals surface area (Å²) in [7, 11) is 0. The molecule has 6 heteroatoms. The van der Waals surface area contributed by atoms with Crippen molar-refractivity contribution >= 4 is 11.6 Å². The molecule has 0 rings (SSSR count). The van der Waals surface area contributed by atoms with Crippen LogP contribution in [0, 0.1) is 5.92 Å². The Bertz CT molecular complexity index is 143. The molecule has 0 bridgehead atoms. The Morgan fingerprint density at radius 2 is 2.07 bits per heavy atom. The molecule has 0 saturated heterocycles. The molecule has 0 heterocycles. The van der Waals surface area contributed by atoms with Crippen LogP contribution in [0.25, 0.3) is 0 Å². The van der Waals surface area contributed by atoms with Crippen molar-refractivity contribution in [1.82, 2.24) is 5.32 Å². The fourth-order valence-corrected chi connectivity index (χ4v) is 1.25. The molecule has 0 aliphatic carbocycles. The predicted octanol–water partition coefficient (Wildman–Crippen LogP) is 2.38. The highest BCUT2D eigenvalue weighted by molar-refractivity contribution is 6.17. The smallest absolute Gasteiger partial charge is 0.314 e. The molecule has 1 atom stereocenters. The van der Waals surface area contributed by atoms with Crippen molar-refractivity contribution in [2.24, 2.45) is 5.92 Å². The third-order valence-electron chi connectivity index (χ3n) is 1.64. The zero-order chi connectivity index (χ0) is 11.0. The van der Waals surface area contributed by atoms with Gasteiger partial charge in [0.1, 0.15) is 0 Å². The molecular weight excluding hydrogens is 219 g/mol. The molecule has 0 aromatic carbocycles. The van der Waals surface area contributed by atoms with E-state index in [1.54, 1.807) is 0 Å². The molecule has 1 N–H and O–H groups in total. The molecule has 0 fully saturated rings. The van der Waals surface area contributed by atoms with E-state index in [2.05, 4.69) is 10.1 Å². The number of ether oxygens (including phenoxy) is 1. The second-order valence-electron chi connectivity index (χ2n) is 3.08. The van der Waals surface area contributed by atoms with Crippen LogP contribution in [0.15, 0.2) is 0 Å². The Balaban J connectivity index is 3.21. The number of halogens is 4. The zero-order valence-electron chi connectivity index (χ0n) is 8.03. The molecule has 0 aromatic heterocycles. The van der Waals surface area contributed by atoms with Gasteiger partial charge in [-0.25, -0.2) is 0 Å². The van der Waals surface area contributed by atoms with E-state index in [0.29, 0.717) is 18.3 Å². The summed E-state index contributed by atoms with van der Waals surface area (Å²) in [5.41, 5.74) is 0. The minimum absolute atomic E-state index is 0.201. The first-order valence-corrected chi connectivity index (χ1v) is 4.96. The van der Waals surface area contributed by atoms with Crippen LogP contribution in [0.3, 0.4) is 0 Å². The van der Waals surface area contributed by atoms with Gasteiger partial charge in [-0.15, -0.1) is 24.8 Å². The van der Waals surface area contributed by atoms with Crippen molar-refractivity contribution < 1.29 is 17.9 Å². The van der Waals surface area contributed by atoms with Crippen LogP contribution in [-0.2, 0) is 4.74 Å². The van der Waals surface area contributed by atoms with Gasteiger partial charge in [0.15, 0.2) is 0 Å². The van der Waals surface area contributed by atoms with Crippen molar-refractivity contribution in [2.45, 2.75) is 19.7 Å². The lowest BCUT2D eigenvalue weighted by atomic mass is 10.1. The quantitative estimate of drug-likeness (QED) is 0.539. The summed E-state index contributed by atoms with van der Waals surface area (Å²) in [5.74, 6) is 0.945. The van der Waals surface area contributed by atoms with Gasteiger partial charge in [0.2, 0.25) is 0 Å². The van der Waals surface area contributed by atoms with E-state index >= 15 is 0 Å². The van der Waals surface area contributed by atoms with Gasteiger partial charge in [-0.3, -0.25) is 4.74 Å². The zero-order valence-corrected chi connectivity index (χ0v) is 8.79. The van der Waals surface area contributed by atoms with E-state index < -0.39 is 6.36 Å². The molecule has 14 heavy (non-hydrogen) atoms. The van der Waals surface area contributed by atoms with Crippen molar-refractivity contribution in [1.29, 1.82) is 0 Å². The maximum Gasteiger partial charge on any atom is 0.522 e. The van der Waals surface area contributed by atoms with Gasteiger partial charge in [0.05, 0.1) is 6.61 Å². The van der Waals surface area contributed by atoms with Gasteiger partial charge in [-0.1, -0.05) is 6.92 Å². The van der Waals surface area contributed by atoms with Crippen LogP contribution in [0.4, 0.5) is 13.2 Å². The summed E-state index contributed by atoms with van der Waals surface area (Å²) in [5, 5.41) is 2.86. The first kappa shape index (κ1) is 14.0. The fourth-order valence-electron chi connectivity index (χ4n) is 0.876. The van der Waals surface area contributed by atoms with Gasteiger partial charge < -0.3 is 5.32 Å². The van der Waals surface area contributed by atoms with E-state index in [1.807, 2.05) is 6.92 Å². The first-order chi connectivity index (χ1) is 6.45. The second-order valence-corrected chi connectivity index (χ2v) is 3.46. The highest BCUT2D eigenvalue weighted by Crippen LogP contribution is 2.15. The minimum Gasteiger partial charge on any atom is -0.314 e. The highest BCUT2D eigenvalue weighted by Gasteiger charge is 2.28. The van der Waals surface area contributed by atoms with Crippen LogP contribution >= 0.6 is 11.6 Å². The van der Waals surface area contributed by atoms with Crippen molar-refractivity contribution in [2.75, 3.05) is 25.6 Å². The van der Waals surface area contributed by atoms with Gasteiger partial charge in [-0.2, -0.15) is 0 Å². The molecule has 0 aromatic rings. The molecule has 86 valence electrons. The molecule has 0 radical (unpaired) electrons. The maximum absolute atomic E-state index is 11.5. The standard InChI is InChI=1S/C8H15ClF3NO/c1-7(2-3-9)6-13-4-5-14-8(10,11)12/h7,13H,2-6H2,1H3. The molecule has 0 saturated carbocycles. The number of nitrogens with one attached hydrogen (secondary N) is 1. The second kappa shape index (κ2) is 7.31. The topological polar surface area (TPSA) is 21.3 Å². The number of hydrogen-bond donors (Lipinski definition) is 1. The van der Waals surface area contributed by atoms with Crippen LogP contribution < -0.4 is 5.32 Å². The summed E-state index contributed by atoms with van der Waals surface area (Å²) >= 11 is 5.50. The first-order valence-electron chi connectivity index (χ1n) is 4.43. The summed E-state index contributed by atoms with van der Waals surface area (Å²) < 4.78 is 38.1. The summed E-state index contributed by atoms with van der Waals surface area (Å²) in [6, 6.07) is 0. The Hall–Kier alpha value is -0.0000000000000000555. The van der Waals surface area contributed by atoms with Gasteiger partial charge in [0, 0.05) is 12.4 Å². The lowest BCUT2D eigenvalue weighted by Crippen LogP contribution is -2.27. The summed E-state index contributed by atoms with van der Waals surface area (Å²) in [4.78, 5) is 0.